The van der Waals surface area contributed by atoms with Gasteiger partial charge >= 0.3 is 6.03 Å². The number of carbonyl (C=O) groups is 1. The molecular formula is C18H28ClN3O2. The zero-order valence-corrected chi connectivity index (χ0v) is 15.6. The summed E-state index contributed by atoms with van der Waals surface area (Å²) in [5.74, 6) is 0.507. The molecule has 1 heterocycles. The topological polar surface area (TPSA) is 53.6 Å². The molecule has 24 heavy (non-hydrogen) atoms. The van der Waals surface area contributed by atoms with Crippen molar-refractivity contribution in [1.29, 1.82) is 0 Å². The lowest BCUT2D eigenvalue weighted by Gasteiger charge is -2.16. The van der Waals surface area contributed by atoms with Crippen molar-refractivity contribution in [2.75, 3.05) is 45.2 Å². The second-order valence-electron chi connectivity index (χ2n) is 6.58. The molecule has 1 aromatic carbocycles. The first kappa shape index (κ1) is 19.0. The van der Waals surface area contributed by atoms with Crippen molar-refractivity contribution in [2.24, 2.45) is 5.92 Å². The van der Waals surface area contributed by atoms with Crippen LogP contribution >= 0.6 is 11.6 Å². The number of urea groups is 1. The maximum Gasteiger partial charge on any atom is 0.319 e. The highest BCUT2D eigenvalue weighted by Gasteiger charge is 2.22. The first-order valence-corrected chi connectivity index (χ1v) is 8.90. The molecule has 0 saturated carbocycles. The number of ether oxygens (including phenoxy) is 1. The van der Waals surface area contributed by atoms with Crippen molar-refractivity contribution < 1.29 is 9.53 Å². The standard InChI is InChI=1S/C18H28ClN3O2/c1-13-9-14(2)17(16(19)10-13)21-18(23)20-11-15-5-7-22(12-15)6-4-8-24-3/h9-10,15H,4-8,11-12H2,1-3H3,(H2,20,21,23). The van der Waals surface area contributed by atoms with Gasteiger partial charge in [-0.15, -0.1) is 0 Å². The number of anilines is 1. The van der Waals surface area contributed by atoms with E-state index in [9.17, 15) is 4.79 Å². The SMILES string of the molecule is COCCCN1CCC(CNC(=O)Nc2c(C)cc(C)cc2Cl)C1. The summed E-state index contributed by atoms with van der Waals surface area (Å²) >= 11 is 6.23. The fraction of sp³-hybridized carbons (Fsp3) is 0.611. The molecule has 6 heteroatoms. The molecule has 134 valence electrons. The Bertz CT molecular complexity index is 542. The zero-order chi connectivity index (χ0) is 17.5. The summed E-state index contributed by atoms with van der Waals surface area (Å²) in [6.45, 7) is 8.63. The molecule has 1 fully saturated rings. The lowest BCUT2D eigenvalue weighted by molar-refractivity contribution is 0.178. The molecule has 5 nitrogen and oxygen atoms in total. The minimum absolute atomic E-state index is 0.193. The third kappa shape index (κ3) is 5.65. The molecule has 0 radical (unpaired) electrons. The highest BCUT2D eigenvalue weighted by atomic mass is 35.5. The lowest BCUT2D eigenvalue weighted by Crippen LogP contribution is -2.34. The summed E-state index contributed by atoms with van der Waals surface area (Å²) in [4.78, 5) is 14.6. The second kappa shape index (κ2) is 9.25. The number of halogens is 1. The normalized spacial score (nSPS) is 17.9. The number of rotatable bonds is 7. The van der Waals surface area contributed by atoms with Crippen molar-refractivity contribution in [2.45, 2.75) is 26.7 Å². The van der Waals surface area contributed by atoms with Gasteiger partial charge in [0.15, 0.2) is 0 Å². The number of likely N-dealkylation sites (tertiary alicyclic amines) is 1. The first-order valence-electron chi connectivity index (χ1n) is 8.52. The monoisotopic (exact) mass is 353 g/mol. The maximum atomic E-state index is 12.1. The van der Waals surface area contributed by atoms with Crippen molar-refractivity contribution in [3.05, 3.63) is 28.3 Å². The van der Waals surface area contributed by atoms with Crippen LogP contribution in [0.3, 0.4) is 0 Å². The molecule has 2 amide bonds. The van der Waals surface area contributed by atoms with Crippen LogP contribution in [0.2, 0.25) is 5.02 Å². The molecule has 1 aliphatic heterocycles. The number of nitrogens with one attached hydrogen (secondary N) is 2. The van der Waals surface area contributed by atoms with Crippen LogP contribution in [0.15, 0.2) is 12.1 Å². The van der Waals surface area contributed by atoms with Gasteiger partial charge in [0, 0.05) is 33.4 Å². The molecule has 2 rings (SSSR count). The van der Waals surface area contributed by atoms with Gasteiger partial charge in [-0.25, -0.2) is 4.79 Å². The average Bonchev–Trinajstić information content (AvgIpc) is 2.97. The Balaban J connectivity index is 1.74. The van der Waals surface area contributed by atoms with E-state index in [0.717, 1.165) is 50.2 Å². The maximum absolute atomic E-state index is 12.1. The van der Waals surface area contributed by atoms with Gasteiger partial charge in [-0.3, -0.25) is 0 Å². The van der Waals surface area contributed by atoms with Crippen molar-refractivity contribution in [1.82, 2.24) is 10.2 Å². The quantitative estimate of drug-likeness (QED) is 0.738. The van der Waals surface area contributed by atoms with Crippen LogP contribution in [-0.2, 0) is 4.74 Å². The number of carbonyl (C=O) groups excluding carboxylic acids is 1. The number of hydrogen-bond acceptors (Lipinski definition) is 3. The summed E-state index contributed by atoms with van der Waals surface area (Å²) < 4.78 is 5.09. The fourth-order valence-electron chi connectivity index (χ4n) is 3.18. The molecule has 0 spiro atoms. The Morgan fingerprint density at radius 1 is 1.42 bits per heavy atom. The molecule has 1 aromatic rings. The fourth-order valence-corrected chi connectivity index (χ4v) is 3.55. The van der Waals surface area contributed by atoms with E-state index in [4.69, 9.17) is 16.3 Å². The number of amides is 2. The number of methoxy groups -OCH3 is 1. The smallest absolute Gasteiger partial charge is 0.319 e. The summed E-state index contributed by atoms with van der Waals surface area (Å²) in [6, 6.07) is 3.68. The van der Waals surface area contributed by atoms with E-state index in [2.05, 4.69) is 15.5 Å². The van der Waals surface area contributed by atoms with Crippen LogP contribution in [-0.4, -0.2) is 50.8 Å². The number of nitrogens with zero attached hydrogens (tertiary/aromatic N) is 1. The third-order valence-electron chi connectivity index (χ3n) is 4.41. The van der Waals surface area contributed by atoms with Gasteiger partial charge in [0.25, 0.3) is 0 Å². The van der Waals surface area contributed by atoms with E-state index >= 15 is 0 Å². The van der Waals surface area contributed by atoms with Crippen molar-refractivity contribution in [3.63, 3.8) is 0 Å². The van der Waals surface area contributed by atoms with Crippen molar-refractivity contribution >= 4 is 23.3 Å². The van der Waals surface area contributed by atoms with Crippen LogP contribution in [0.1, 0.15) is 24.0 Å². The molecule has 0 bridgehead atoms. The summed E-state index contributed by atoms with van der Waals surface area (Å²) in [7, 11) is 1.73. The zero-order valence-electron chi connectivity index (χ0n) is 14.8. The molecule has 0 aliphatic carbocycles. The van der Waals surface area contributed by atoms with Gasteiger partial charge < -0.3 is 20.3 Å². The Morgan fingerprint density at radius 2 is 2.21 bits per heavy atom. The van der Waals surface area contributed by atoms with Crippen LogP contribution in [0.25, 0.3) is 0 Å². The molecular weight excluding hydrogens is 326 g/mol. The van der Waals surface area contributed by atoms with Crippen LogP contribution in [0.4, 0.5) is 10.5 Å². The third-order valence-corrected chi connectivity index (χ3v) is 4.71. The lowest BCUT2D eigenvalue weighted by atomic mass is 10.1. The van der Waals surface area contributed by atoms with Gasteiger partial charge in [-0.2, -0.15) is 0 Å². The Kier molecular flexibility index (Phi) is 7.34. The number of hydrogen-bond donors (Lipinski definition) is 2. The van der Waals surface area contributed by atoms with Gasteiger partial charge in [0.2, 0.25) is 0 Å². The van der Waals surface area contributed by atoms with Gasteiger partial charge in [0.1, 0.15) is 0 Å². The van der Waals surface area contributed by atoms with Crippen LogP contribution in [0.5, 0.6) is 0 Å². The van der Waals surface area contributed by atoms with E-state index in [1.54, 1.807) is 7.11 Å². The number of aryl methyl sites for hydroxylation is 2. The summed E-state index contributed by atoms with van der Waals surface area (Å²) in [5, 5.41) is 6.42. The Labute approximate surface area is 149 Å². The first-order chi connectivity index (χ1) is 11.5. The van der Waals surface area contributed by atoms with E-state index in [-0.39, 0.29) is 6.03 Å². The minimum Gasteiger partial charge on any atom is -0.385 e. The van der Waals surface area contributed by atoms with Crippen LogP contribution < -0.4 is 10.6 Å². The molecule has 1 atom stereocenters. The summed E-state index contributed by atoms with van der Waals surface area (Å²) in [5.41, 5.74) is 2.75. The van der Waals surface area contributed by atoms with E-state index in [0.29, 0.717) is 23.2 Å². The Morgan fingerprint density at radius 3 is 2.92 bits per heavy atom. The van der Waals surface area contributed by atoms with E-state index in [1.165, 1.54) is 0 Å². The molecule has 2 N–H and O–H groups in total. The molecule has 1 unspecified atom stereocenters. The van der Waals surface area contributed by atoms with Gasteiger partial charge in [-0.1, -0.05) is 17.7 Å². The predicted octanol–water partition coefficient (Wildman–Crippen LogP) is 3.44. The van der Waals surface area contributed by atoms with Gasteiger partial charge in [-0.05, 0) is 56.3 Å². The van der Waals surface area contributed by atoms with Crippen molar-refractivity contribution in [3.8, 4) is 0 Å². The van der Waals surface area contributed by atoms with Gasteiger partial charge in [0.05, 0.1) is 10.7 Å². The Hall–Kier alpha value is -1.30. The highest BCUT2D eigenvalue weighted by molar-refractivity contribution is 6.34. The number of benzene rings is 1. The predicted molar refractivity (Wildman–Crippen MR) is 99.0 cm³/mol. The largest absolute Gasteiger partial charge is 0.385 e. The summed E-state index contributed by atoms with van der Waals surface area (Å²) in [6.07, 6.45) is 2.18. The van der Waals surface area contributed by atoms with E-state index < -0.39 is 0 Å². The highest BCUT2D eigenvalue weighted by Crippen LogP contribution is 2.27. The van der Waals surface area contributed by atoms with E-state index in [1.807, 2.05) is 26.0 Å². The van der Waals surface area contributed by atoms with Crippen LogP contribution in [0, 0.1) is 19.8 Å². The second-order valence-corrected chi connectivity index (χ2v) is 6.98. The molecule has 1 aliphatic rings. The molecule has 1 saturated heterocycles. The average molecular weight is 354 g/mol. The minimum atomic E-state index is -0.193. The molecule has 0 aromatic heterocycles.